The number of halogens is 2. The summed E-state index contributed by atoms with van der Waals surface area (Å²) in [5, 5.41) is 0. The standard InChI is InChI=1S/C8H14F2N2O/c9-8(10)3-1-2-5(8)4-6(11)7(12)13/h5-6H,1-4,11H2,(H2,12,13). The van der Waals surface area contributed by atoms with Crippen LogP contribution in [-0.2, 0) is 4.79 Å². The molecular weight excluding hydrogens is 178 g/mol. The van der Waals surface area contributed by atoms with Crippen molar-refractivity contribution in [3.05, 3.63) is 0 Å². The van der Waals surface area contributed by atoms with Crippen LogP contribution in [0, 0.1) is 5.92 Å². The highest BCUT2D eigenvalue weighted by Crippen LogP contribution is 2.42. The first-order valence-corrected chi connectivity index (χ1v) is 4.36. The van der Waals surface area contributed by atoms with Gasteiger partial charge >= 0.3 is 0 Å². The molecular formula is C8H14F2N2O. The van der Waals surface area contributed by atoms with Crippen molar-refractivity contribution < 1.29 is 13.6 Å². The Kier molecular flexibility index (Phi) is 2.85. The highest BCUT2D eigenvalue weighted by Gasteiger charge is 2.44. The topological polar surface area (TPSA) is 69.1 Å². The van der Waals surface area contributed by atoms with E-state index in [1.807, 2.05) is 0 Å². The van der Waals surface area contributed by atoms with Crippen LogP contribution >= 0.6 is 0 Å². The zero-order valence-corrected chi connectivity index (χ0v) is 7.30. The van der Waals surface area contributed by atoms with Gasteiger partial charge in [0.2, 0.25) is 5.91 Å². The van der Waals surface area contributed by atoms with Crippen molar-refractivity contribution in [1.29, 1.82) is 0 Å². The van der Waals surface area contributed by atoms with E-state index in [2.05, 4.69) is 0 Å². The SMILES string of the molecule is NC(=O)C(N)CC1CCCC1(F)F. The maximum Gasteiger partial charge on any atom is 0.251 e. The van der Waals surface area contributed by atoms with Crippen LogP contribution < -0.4 is 11.5 Å². The highest BCUT2D eigenvalue weighted by atomic mass is 19.3. The third-order valence-corrected chi connectivity index (χ3v) is 2.56. The molecule has 0 aromatic heterocycles. The molecule has 1 aliphatic carbocycles. The summed E-state index contributed by atoms with van der Waals surface area (Å²) in [5.74, 6) is -4.13. The Balaban J connectivity index is 2.49. The molecule has 0 radical (unpaired) electrons. The lowest BCUT2D eigenvalue weighted by atomic mass is 9.96. The van der Waals surface area contributed by atoms with Crippen molar-refractivity contribution >= 4 is 5.91 Å². The van der Waals surface area contributed by atoms with Gasteiger partial charge in [0.1, 0.15) is 0 Å². The van der Waals surface area contributed by atoms with Crippen LogP contribution in [0.2, 0.25) is 0 Å². The summed E-state index contributed by atoms with van der Waals surface area (Å²) in [5.41, 5.74) is 10.2. The van der Waals surface area contributed by atoms with Gasteiger partial charge < -0.3 is 11.5 Å². The normalized spacial score (nSPS) is 28.7. The molecule has 1 fully saturated rings. The second-order valence-electron chi connectivity index (χ2n) is 3.59. The molecule has 1 saturated carbocycles. The maximum absolute atomic E-state index is 13.0. The minimum Gasteiger partial charge on any atom is -0.368 e. The number of primary amides is 1. The van der Waals surface area contributed by atoms with Gasteiger partial charge in [-0.3, -0.25) is 4.79 Å². The van der Waals surface area contributed by atoms with E-state index in [1.54, 1.807) is 0 Å². The molecule has 0 heterocycles. The first-order chi connectivity index (χ1) is 5.93. The van der Waals surface area contributed by atoms with E-state index in [9.17, 15) is 13.6 Å². The highest BCUT2D eigenvalue weighted by molar-refractivity contribution is 5.79. The molecule has 0 aromatic rings. The molecule has 0 bridgehead atoms. The lowest BCUT2D eigenvalue weighted by Gasteiger charge is -2.20. The average molecular weight is 192 g/mol. The van der Waals surface area contributed by atoms with Crippen LogP contribution in [0.1, 0.15) is 25.7 Å². The molecule has 0 spiro atoms. The molecule has 76 valence electrons. The Hall–Kier alpha value is -0.710. The van der Waals surface area contributed by atoms with Gasteiger partial charge in [-0.05, 0) is 19.3 Å². The molecule has 1 rings (SSSR count). The van der Waals surface area contributed by atoms with Crippen LogP contribution in [0.15, 0.2) is 0 Å². The lowest BCUT2D eigenvalue weighted by molar-refractivity contribution is -0.120. The summed E-state index contributed by atoms with van der Waals surface area (Å²) in [7, 11) is 0. The monoisotopic (exact) mass is 192 g/mol. The van der Waals surface area contributed by atoms with Crippen LogP contribution in [0.5, 0.6) is 0 Å². The van der Waals surface area contributed by atoms with Gasteiger partial charge in [-0.25, -0.2) is 8.78 Å². The first-order valence-electron chi connectivity index (χ1n) is 4.36. The molecule has 2 atom stereocenters. The number of carbonyl (C=O) groups excluding carboxylic acids is 1. The summed E-state index contributed by atoms with van der Waals surface area (Å²) in [4.78, 5) is 10.6. The summed E-state index contributed by atoms with van der Waals surface area (Å²) in [6.45, 7) is 0. The van der Waals surface area contributed by atoms with E-state index in [0.717, 1.165) is 0 Å². The Labute approximate surface area is 75.5 Å². The molecule has 5 heteroatoms. The van der Waals surface area contributed by atoms with E-state index in [4.69, 9.17) is 11.5 Å². The second-order valence-corrected chi connectivity index (χ2v) is 3.59. The van der Waals surface area contributed by atoms with Gasteiger partial charge in [0, 0.05) is 12.3 Å². The minimum absolute atomic E-state index is 0.00231. The summed E-state index contributed by atoms with van der Waals surface area (Å²) >= 11 is 0. The van der Waals surface area contributed by atoms with Gasteiger partial charge in [0.15, 0.2) is 0 Å². The van der Waals surface area contributed by atoms with E-state index >= 15 is 0 Å². The smallest absolute Gasteiger partial charge is 0.251 e. The maximum atomic E-state index is 13.0. The molecule has 3 nitrogen and oxygen atoms in total. The summed E-state index contributed by atoms with van der Waals surface area (Å²) in [6.07, 6.45) is 0.850. The number of hydrogen-bond acceptors (Lipinski definition) is 2. The van der Waals surface area contributed by atoms with E-state index in [1.165, 1.54) is 0 Å². The molecule has 0 aliphatic heterocycles. The van der Waals surface area contributed by atoms with Crippen molar-refractivity contribution in [3.8, 4) is 0 Å². The predicted molar refractivity (Wildman–Crippen MR) is 44.1 cm³/mol. The first kappa shape index (κ1) is 10.4. The Bertz CT molecular complexity index is 208. The number of amides is 1. The van der Waals surface area contributed by atoms with E-state index in [-0.39, 0.29) is 12.8 Å². The largest absolute Gasteiger partial charge is 0.368 e. The zero-order valence-electron chi connectivity index (χ0n) is 7.30. The number of hydrogen-bond donors (Lipinski definition) is 2. The zero-order chi connectivity index (χ0) is 10.1. The molecule has 1 amide bonds. The van der Waals surface area contributed by atoms with Gasteiger partial charge in [-0.15, -0.1) is 0 Å². The quantitative estimate of drug-likeness (QED) is 0.688. The molecule has 4 N–H and O–H groups in total. The van der Waals surface area contributed by atoms with Gasteiger partial charge in [-0.2, -0.15) is 0 Å². The Morgan fingerprint density at radius 3 is 2.62 bits per heavy atom. The molecule has 2 unspecified atom stereocenters. The van der Waals surface area contributed by atoms with Crippen molar-refractivity contribution in [3.63, 3.8) is 0 Å². The Morgan fingerprint density at radius 1 is 1.62 bits per heavy atom. The fourth-order valence-electron chi connectivity index (χ4n) is 1.71. The van der Waals surface area contributed by atoms with E-state index < -0.39 is 23.8 Å². The van der Waals surface area contributed by atoms with Crippen molar-refractivity contribution in [2.45, 2.75) is 37.6 Å². The summed E-state index contributed by atoms with van der Waals surface area (Å²) in [6, 6.07) is -0.936. The lowest BCUT2D eigenvalue weighted by Crippen LogP contribution is -2.40. The second kappa shape index (κ2) is 3.57. The fourth-order valence-corrected chi connectivity index (χ4v) is 1.71. The van der Waals surface area contributed by atoms with Crippen LogP contribution in [-0.4, -0.2) is 17.9 Å². The van der Waals surface area contributed by atoms with Crippen molar-refractivity contribution in [2.75, 3.05) is 0 Å². The van der Waals surface area contributed by atoms with Gasteiger partial charge in [0.25, 0.3) is 5.92 Å². The van der Waals surface area contributed by atoms with Crippen molar-refractivity contribution in [1.82, 2.24) is 0 Å². The van der Waals surface area contributed by atoms with Gasteiger partial charge in [-0.1, -0.05) is 0 Å². The number of nitrogens with two attached hydrogens (primary N) is 2. The Morgan fingerprint density at radius 2 is 2.23 bits per heavy atom. The number of alkyl halides is 2. The number of rotatable bonds is 3. The van der Waals surface area contributed by atoms with Crippen LogP contribution in [0.25, 0.3) is 0 Å². The number of carbonyl (C=O) groups is 1. The predicted octanol–water partition coefficient (Wildman–Crippen LogP) is 0.624. The fraction of sp³-hybridized carbons (Fsp3) is 0.875. The average Bonchev–Trinajstić information content (AvgIpc) is 2.30. The molecule has 0 aromatic carbocycles. The van der Waals surface area contributed by atoms with Gasteiger partial charge in [0.05, 0.1) is 6.04 Å². The minimum atomic E-state index is -2.66. The third-order valence-electron chi connectivity index (χ3n) is 2.56. The van der Waals surface area contributed by atoms with E-state index in [0.29, 0.717) is 12.8 Å². The molecule has 13 heavy (non-hydrogen) atoms. The van der Waals surface area contributed by atoms with Crippen LogP contribution in [0.4, 0.5) is 8.78 Å². The summed E-state index contributed by atoms with van der Waals surface area (Å²) < 4.78 is 26.0. The van der Waals surface area contributed by atoms with Crippen LogP contribution in [0.3, 0.4) is 0 Å². The molecule has 0 saturated heterocycles. The van der Waals surface area contributed by atoms with Crippen molar-refractivity contribution in [2.24, 2.45) is 17.4 Å². The molecule has 1 aliphatic rings. The third kappa shape index (κ3) is 2.37.